The number of carboxylic acid groups (broad SMARTS) is 1. The second-order valence-corrected chi connectivity index (χ2v) is 5.08. The second kappa shape index (κ2) is 7.03. The molecule has 7 heteroatoms. The molecule has 0 aliphatic carbocycles. The van der Waals surface area contributed by atoms with Crippen LogP contribution < -0.4 is 5.32 Å². The van der Waals surface area contributed by atoms with Gasteiger partial charge in [0.05, 0.1) is 18.3 Å². The lowest BCUT2D eigenvalue weighted by Gasteiger charge is -2.34. The largest absolute Gasteiger partial charge is 0.480 e. The zero-order valence-corrected chi connectivity index (χ0v) is 12.0. The molecule has 2 heterocycles. The van der Waals surface area contributed by atoms with E-state index in [2.05, 4.69) is 10.3 Å². The van der Waals surface area contributed by atoms with E-state index in [-0.39, 0.29) is 18.6 Å². The minimum Gasteiger partial charge on any atom is -0.480 e. The van der Waals surface area contributed by atoms with Crippen LogP contribution >= 0.6 is 0 Å². The van der Waals surface area contributed by atoms with Crippen LogP contribution in [0.5, 0.6) is 0 Å². The molecule has 7 nitrogen and oxygen atoms in total. The molecule has 0 bridgehead atoms. The van der Waals surface area contributed by atoms with Crippen molar-refractivity contribution in [2.45, 2.75) is 13.0 Å². The van der Waals surface area contributed by atoms with Gasteiger partial charge in [0, 0.05) is 32.4 Å². The molecule has 1 aliphatic heterocycles. The molecular formula is C14H20N4O3. The van der Waals surface area contributed by atoms with E-state index in [1.165, 1.54) is 0 Å². The van der Waals surface area contributed by atoms with E-state index in [0.717, 1.165) is 5.69 Å². The summed E-state index contributed by atoms with van der Waals surface area (Å²) in [5.41, 5.74) is 0.815. The lowest BCUT2D eigenvalue weighted by Crippen LogP contribution is -2.52. The molecule has 1 aliphatic rings. The fraction of sp³-hybridized carbons (Fsp3) is 0.500. The summed E-state index contributed by atoms with van der Waals surface area (Å²) in [6.07, 6.45) is 1.70. The smallest absolute Gasteiger partial charge is 0.318 e. The molecule has 0 spiro atoms. The van der Waals surface area contributed by atoms with Gasteiger partial charge in [-0.15, -0.1) is 0 Å². The molecule has 1 fully saturated rings. The third kappa shape index (κ3) is 4.42. The van der Waals surface area contributed by atoms with Crippen LogP contribution in [0.15, 0.2) is 24.4 Å². The van der Waals surface area contributed by atoms with Gasteiger partial charge >= 0.3 is 12.0 Å². The van der Waals surface area contributed by atoms with E-state index in [4.69, 9.17) is 5.11 Å². The summed E-state index contributed by atoms with van der Waals surface area (Å²) in [5, 5.41) is 11.7. The summed E-state index contributed by atoms with van der Waals surface area (Å²) in [4.78, 5) is 30.6. The van der Waals surface area contributed by atoms with Crippen molar-refractivity contribution >= 4 is 12.0 Å². The van der Waals surface area contributed by atoms with Gasteiger partial charge in [0.1, 0.15) is 0 Å². The van der Waals surface area contributed by atoms with Gasteiger partial charge in [-0.1, -0.05) is 6.07 Å². The molecule has 1 unspecified atom stereocenters. The first kappa shape index (κ1) is 15.2. The Kier molecular flexibility index (Phi) is 5.10. The highest BCUT2D eigenvalue weighted by Crippen LogP contribution is 2.09. The fourth-order valence-electron chi connectivity index (χ4n) is 2.28. The number of nitrogens with one attached hydrogen (secondary N) is 1. The van der Waals surface area contributed by atoms with E-state index in [1.807, 2.05) is 30.0 Å². The molecule has 21 heavy (non-hydrogen) atoms. The van der Waals surface area contributed by atoms with Crippen molar-refractivity contribution in [2.24, 2.45) is 0 Å². The number of pyridine rings is 1. The van der Waals surface area contributed by atoms with E-state index in [1.54, 1.807) is 11.1 Å². The van der Waals surface area contributed by atoms with Gasteiger partial charge in [-0.3, -0.25) is 14.7 Å². The lowest BCUT2D eigenvalue weighted by atomic mass is 10.2. The third-order valence-electron chi connectivity index (χ3n) is 3.49. The molecule has 1 aromatic heterocycles. The molecule has 1 aromatic rings. The van der Waals surface area contributed by atoms with Gasteiger partial charge in [0.15, 0.2) is 0 Å². The normalized spacial score (nSPS) is 17.3. The number of amides is 2. The highest BCUT2D eigenvalue weighted by atomic mass is 16.4. The third-order valence-corrected chi connectivity index (χ3v) is 3.49. The molecule has 1 saturated heterocycles. The summed E-state index contributed by atoms with van der Waals surface area (Å²) < 4.78 is 0. The minimum absolute atomic E-state index is 0.0276. The number of hydrogen-bond acceptors (Lipinski definition) is 4. The van der Waals surface area contributed by atoms with Crippen LogP contribution in [-0.4, -0.2) is 64.6 Å². The first-order valence-corrected chi connectivity index (χ1v) is 6.97. The average molecular weight is 292 g/mol. The summed E-state index contributed by atoms with van der Waals surface area (Å²) in [6, 6.07) is 5.30. The second-order valence-electron chi connectivity index (χ2n) is 5.08. The number of rotatable bonds is 4. The Balaban J connectivity index is 1.81. The van der Waals surface area contributed by atoms with Gasteiger partial charge in [-0.25, -0.2) is 4.79 Å². The van der Waals surface area contributed by atoms with E-state index in [9.17, 15) is 9.59 Å². The molecular weight excluding hydrogens is 272 g/mol. The highest BCUT2D eigenvalue weighted by molar-refractivity contribution is 5.75. The quantitative estimate of drug-likeness (QED) is 0.846. The topological polar surface area (TPSA) is 85.8 Å². The maximum atomic E-state index is 12.2. The Hall–Kier alpha value is -2.15. The number of aliphatic carboxylic acids is 1. The van der Waals surface area contributed by atoms with E-state index in [0.29, 0.717) is 26.2 Å². The molecule has 0 radical (unpaired) electrons. The number of urea groups is 1. The summed E-state index contributed by atoms with van der Waals surface area (Å²) in [6.45, 7) is 4.15. The summed E-state index contributed by atoms with van der Waals surface area (Å²) in [5.74, 6) is -0.836. The molecule has 0 aromatic carbocycles. The van der Waals surface area contributed by atoms with Crippen molar-refractivity contribution in [3.8, 4) is 0 Å². The molecule has 0 saturated carbocycles. The van der Waals surface area contributed by atoms with Crippen LogP contribution in [0.3, 0.4) is 0 Å². The highest BCUT2D eigenvalue weighted by Gasteiger charge is 2.23. The van der Waals surface area contributed by atoms with Crippen LogP contribution in [0.2, 0.25) is 0 Å². The van der Waals surface area contributed by atoms with E-state index < -0.39 is 5.97 Å². The van der Waals surface area contributed by atoms with Crippen LogP contribution in [0.4, 0.5) is 4.79 Å². The van der Waals surface area contributed by atoms with Gasteiger partial charge in [0.25, 0.3) is 0 Å². The van der Waals surface area contributed by atoms with Crippen molar-refractivity contribution in [1.29, 1.82) is 0 Å². The number of hydrogen-bond donors (Lipinski definition) is 2. The summed E-state index contributed by atoms with van der Waals surface area (Å²) in [7, 11) is 0. The first-order chi connectivity index (χ1) is 10.1. The number of carboxylic acids is 1. The molecule has 2 amide bonds. The van der Waals surface area contributed by atoms with Crippen LogP contribution in [-0.2, 0) is 4.79 Å². The van der Waals surface area contributed by atoms with Crippen molar-refractivity contribution in [3.63, 3.8) is 0 Å². The molecule has 1 atom stereocenters. The van der Waals surface area contributed by atoms with Gasteiger partial charge in [0.2, 0.25) is 0 Å². The summed E-state index contributed by atoms with van der Waals surface area (Å²) >= 11 is 0. The van der Waals surface area contributed by atoms with Gasteiger partial charge in [-0.2, -0.15) is 0 Å². The van der Waals surface area contributed by atoms with Gasteiger partial charge < -0.3 is 15.3 Å². The van der Waals surface area contributed by atoms with Crippen LogP contribution in [0.25, 0.3) is 0 Å². The Labute approximate surface area is 123 Å². The maximum absolute atomic E-state index is 12.2. The van der Waals surface area contributed by atoms with Gasteiger partial charge in [-0.05, 0) is 19.1 Å². The predicted octanol–water partition coefficient (Wildman–Crippen LogP) is 0.554. The molecule has 2 rings (SSSR count). The number of aromatic nitrogens is 1. The number of carbonyl (C=O) groups excluding carboxylic acids is 1. The number of piperazine rings is 1. The van der Waals surface area contributed by atoms with Crippen molar-refractivity contribution in [3.05, 3.63) is 30.1 Å². The van der Waals surface area contributed by atoms with Crippen LogP contribution in [0.1, 0.15) is 18.7 Å². The lowest BCUT2D eigenvalue weighted by molar-refractivity contribution is -0.138. The van der Waals surface area contributed by atoms with E-state index >= 15 is 0 Å². The fourth-order valence-corrected chi connectivity index (χ4v) is 2.28. The van der Waals surface area contributed by atoms with Crippen molar-refractivity contribution < 1.29 is 14.7 Å². The zero-order valence-electron chi connectivity index (χ0n) is 12.0. The predicted molar refractivity (Wildman–Crippen MR) is 76.8 cm³/mol. The number of carbonyl (C=O) groups is 2. The standard InChI is InChI=1S/C14H20N4O3/c1-11(12-4-2-3-5-15-12)16-14(21)18-8-6-17(7-9-18)10-13(19)20/h2-5,11H,6-10H2,1H3,(H,16,21)(H,19,20). The Bertz CT molecular complexity index is 486. The minimum atomic E-state index is -0.836. The Morgan fingerprint density at radius 1 is 1.33 bits per heavy atom. The van der Waals surface area contributed by atoms with Crippen molar-refractivity contribution in [2.75, 3.05) is 32.7 Å². The molecule has 114 valence electrons. The maximum Gasteiger partial charge on any atom is 0.318 e. The average Bonchev–Trinajstić information content (AvgIpc) is 2.48. The number of nitrogens with zero attached hydrogens (tertiary/aromatic N) is 3. The molecule has 2 N–H and O–H groups in total. The Morgan fingerprint density at radius 3 is 2.62 bits per heavy atom. The SMILES string of the molecule is CC(NC(=O)N1CCN(CC(=O)O)CC1)c1ccccn1. The first-order valence-electron chi connectivity index (χ1n) is 6.97. The Morgan fingerprint density at radius 2 is 2.05 bits per heavy atom. The zero-order chi connectivity index (χ0) is 15.2. The monoisotopic (exact) mass is 292 g/mol. The van der Waals surface area contributed by atoms with Crippen molar-refractivity contribution in [1.82, 2.24) is 20.1 Å². The van der Waals surface area contributed by atoms with Crippen LogP contribution in [0, 0.1) is 0 Å².